The van der Waals surface area contributed by atoms with Crippen LogP contribution in [0.3, 0.4) is 0 Å². The van der Waals surface area contributed by atoms with Crippen molar-refractivity contribution in [3.63, 3.8) is 0 Å². The van der Waals surface area contributed by atoms with Gasteiger partial charge in [-0.05, 0) is 117 Å². The number of ether oxygens (including phenoxy) is 1. The van der Waals surface area contributed by atoms with Gasteiger partial charge in [0.1, 0.15) is 0 Å². The van der Waals surface area contributed by atoms with E-state index in [-0.39, 0.29) is 6.10 Å². The summed E-state index contributed by atoms with van der Waals surface area (Å²) >= 11 is 0. The van der Waals surface area contributed by atoms with Crippen molar-refractivity contribution in [1.29, 1.82) is 0 Å². The molecule has 4 saturated carbocycles. The Morgan fingerprint density at radius 1 is 1.03 bits per heavy atom. The lowest BCUT2D eigenvalue weighted by Gasteiger charge is -2.59. The zero-order chi connectivity index (χ0) is 20.3. The summed E-state index contributed by atoms with van der Waals surface area (Å²) in [5, 5.41) is 19.6. The molecule has 3 heteroatoms. The van der Waals surface area contributed by atoms with Gasteiger partial charge in [-0.15, -0.1) is 0 Å². The number of aliphatic hydroxyl groups is 2. The van der Waals surface area contributed by atoms with E-state index in [1.165, 1.54) is 38.5 Å². The van der Waals surface area contributed by atoms with Crippen LogP contribution in [0.5, 0.6) is 0 Å². The van der Waals surface area contributed by atoms with Gasteiger partial charge in [0.25, 0.3) is 0 Å². The summed E-state index contributed by atoms with van der Waals surface area (Å²) in [6.07, 6.45) is 13.4. The van der Waals surface area contributed by atoms with Crippen LogP contribution in [0.15, 0.2) is 0 Å². The third-order valence-corrected chi connectivity index (χ3v) is 10.9. The topological polar surface area (TPSA) is 49.7 Å². The summed E-state index contributed by atoms with van der Waals surface area (Å²) in [5.41, 5.74) is 0.486. The minimum absolute atomic E-state index is 0.0356. The molecule has 12 atom stereocenters. The van der Waals surface area contributed by atoms with Gasteiger partial charge < -0.3 is 14.9 Å². The molecule has 0 aromatic rings. The first-order valence-corrected chi connectivity index (χ1v) is 12.9. The Hall–Kier alpha value is -0.120. The van der Waals surface area contributed by atoms with Crippen molar-refractivity contribution in [3.05, 3.63) is 0 Å². The number of hydrogen-bond donors (Lipinski definition) is 2. The van der Waals surface area contributed by atoms with Gasteiger partial charge in [-0.25, -0.2) is 0 Å². The average molecular weight is 405 g/mol. The highest BCUT2D eigenvalue weighted by molar-refractivity contribution is 5.09. The molecule has 29 heavy (non-hydrogen) atoms. The van der Waals surface area contributed by atoms with Crippen LogP contribution >= 0.6 is 0 Å². The van der Waals surface area contributed by atoms with Gasteiger partial charge in [0.15, 0.2) is 0 Å². The molecule has 1 saturated heterocycles. The maximum Gasteiger partial charge on any atom is 0.0616 e. The van der Waals surface area contributed by atoms with E-state index in [0.29, 0.717) is 36.1 Å². The molecule has 0 spiro atoms. The second-order valence-corrected chi connectivity index (χ2v) is 12.1. The molecule has 0 radical (unpaired) electrons. The molecule has 3 nitrogen and oxygen atoms in total. The SMILES string of the molecule is CC1C(CC[C@@H](C)CO)OC2CC3C(CCC4C3CCC3CC(O)CCC34C)C21. The van der Waals surface area contributed by atoms with Crippen molar-refractivity contribution in [2.75, 3.05) is 6.61 Å². The first-order valence-electron chi connectivity index (χ1n) is 12.9. The van der Waals surface area contributed by atoms with Crippen molar-refractivity contribution < 1.29 is 14.9 Å². The van der Waals surface area contributed by atoms with Gasteiger partial charge >= 0.3 is 0 Å². The fraction of sp³-hybridized carbons (Fsp3) is 1.00. The molecule has 5 rings (SSSR count). The molecule has 0 aromatic heterocycles. The Labute approximate surface area is 178 Å². The summed E-state index contributed by atoms with van der Waals surface area (Å²) in [6, 6.07) is 0. The van der Waals surface area contributed by atoms with E-state index in [2.05, 4.69) is 20.8 Å². The van der Waals surface area contributed by atoms with Gasteiger partial charge in [-0.3, -0.25) is 0 Å². The van der Waals surface area contributed by atoms with E-state index in [9.17, 15) is 10.2 Å². The Balaban J connectivity index is 1.27. The highest BCUT2D eigenvalue weighted by Gasteiger charge is 2.61. The third-order valence-electron chi connectivity index (χ3n) is 10.9. The number of aliphatic hydroxyl groups excluding tert-OH is 2. The molecule has 5 fully saturated rings. The van der Waals surface area contributed by atoms with Crippen LogP contribution in [0, 0.1) is 52.8 Å². The Kier molecular flexibility index (Phi) is 5.57. The Morgan fingerprint density at radius 3 is 2.62 bits per heavy atom. The number of hydrogen-bond acceptors (Lipinski definition) is 3. The summed E-state index contributed by atoms with van der Waals surface area (Å²) < 4.78 is 6.70. The summed E-state index contributed by atoms with van der Waals surface area (Å²) in [7, 11) is 0. The van der Waals surface area contributed by atoms with Gasteiger partial charge in [-0.2, -0.15) is 0 Å². The third kappa shape index (κ3) is 3.33. The van der Waals surface area contributed by atoms with Crippen LogP contribution in [0.1, 0.15) is 85.0 Å². The summed E-state index contributed by atoms with van der Waals surface area (Å²) in [4.78, 5) is 0. The smallest absolute Gasteiger partial charge is 0.0616 e. The molecular weight excluding hydrogens is 360 g/mol. The molecule has 11 unspecified atom stereocenters. The molecule has 5 aliphatic rings. The summed E-state index contributed by atoms with van der Waals surface area (Å²) in [5.74, 6) is 6.24. The van der Waals surface area contributed by atoms with Crippen molar-refractivity contribution in [1.82, 2.24) is 0 Å². The standard InChI is InChI=1S/C26H44O3/c1-15(14-27)4-9-23-16(2)25-20-7-8-22-19(21(20)13-24(25)29-23)6-5-17-12-18(28)10-11-26(17,22)3/h15-25,27-28H,4-14H2,1-3H3/t15-,16?,17?,18?,19?,20?,21?,22?,23?,24?,25?,26?/m1/s1. The second kappa shape index (κ2) is 7.78. The van der Waals surface area contributed by atoms with Crippen LogP contribution in [-0.4, -0.2) is 35.1 Å². The lowest BCUT2D eigenvalue weighted by Crippen LogP contribution is -2.52. The van der Waals surface area contributed by atoms with E-state index in [1.807, 2.05) is 0 Å². The molecular formula is C26H44O3. The maximum absolute atomic E-state index is 10.2. The predicted octanol–water partition coefficient (Wildman–Crippen LogP) is 5.04. The highest BCUT2D eigenvalue weighted by Crippen LogP contribution is 2.65. The van der Waals surface area contributed by atoms with Crippen LogP contribution in [0.2, 0.25) is 0 Å². The van der Waals surface area contributed by atoms with Crippen LogP contribution in [0.4, 0.5) is 0 Å². The van der Waals surface area contributed by atoms with Crippen LogP contribution in [0.25, 0.3) is 0 Å². The maximum atomic E-state index is 10.2. The molecule has 0 aromatic carbocycles. The Morgan fingerprint density at radius 2 is 1.83 bits per heavy atom. The average Bonchev–Trinajstić information content (AvgIpc) is 3.23. The van der Waals surface area contributed by atoms with Crippen molar-refractivity contribution in [2.45, 2.75) is 103 Å². The first kappa shape index (κ1) is 20.8. The van der Waals surface area contributed by atoms with Crippen molar-refractivity contribution >= 4 is 0 Å². The minimum atomic E-state index is -0.0356. The summed E-state index contributed by atoms with van der Waals surface area (Å²) in [6.45, 7) is 7.51. The highest BCUT2D eigenvalue weighted by atomic mass is 16.5. The van der Waals surface area contributed by atoms with E-state index in [0.717, 1.165) is 61.2 Å². The van der Waals surface area contributed by atoms with E-state index in [4.69, 9.17) is 4.74 Å². The lowest BCUT2D eigenvalue weighted by molar-refractivity contribution is -0.111. The molecule has 166 valence electrons. The number of rotatable bonds is 4. The van der Waals surface area contributed by atoms with E-state index < -0.39 is 0 Å². The molecule has 4 aliphatic carbocycles. The van der Waals surface area contributed by atoms with E-state index in [1.54, 1.807) is 0 Å². The first-order chi connectivity index (χ1) is 13.9. The second-order valence-electron chi connectivity index (χ2n) is 12.1. The fourth-order valence-electron chi connectivity index (χ4n) is 9.25. The lowest BCUT2D eigenvalue weighted by atomic mass is 9.46. The molecule has 2 N–H and O–H groups in total. The quantitative estimate of drug-likeness (QED) is 0.690. The molecule has 0 amide bonds. The minimum Gasteiger partial charge on any atom is -0.396 e. The number of fused-ring (bicyclic) bond motifs is 7. The van der Waals surface area contributed by atoms with Crippen molar-refractivity contribution in [2.24, 2.45) is 52.8 Å². The molecule has 1 aliphatic heterocycles. The monoisotopic (exact) mass is 404 g/mol. The Bertz CT molecular complexity index is 593. The molecule has 1 heterocycles. The molecule has 0 bridgehead atoms. The predicted molar refractivity (Wildman–Crippen MR) is 115 cm³/mol. The largest absolute Gasteiger partial charge is 0.396 e. The van der Waals surface area contributed by atoms with E-state index >= 15 is 0 Å². The zero-order valence-corrected chi connectivity index (χ0v) is 18.9. The van der Waals surface area contributed by atoms with Gasteiger partial charge in [0, 0.05) is 6.61 Å². The van der Waals surface area contributed by atoms with Crippen molar-refractivity contribution in [3.8, 4) is 0 Å². The van der Waals surface area contributed by atoms with Gasteiger partial charge in [-0.1, -0.05) is 20.8 Å². The normalized spacial score (nSPS) is 54.9. The fourth-order valence-corrected chi connectivity index (χ4v) is 9.25. The zero-order valence-electron chi connectivity index (χ0n) is 18.9. The van der Waals surface area contributed by atoms with Crippen LogP contribution < -0.4 is 0 Å². The van der Waals surface area contributed by atoms with Gasteiger partial charge in [0.2, 0.25) is 0 Å². The van der Waals surface area contributed by atoms with Crippen LogP contribution in [-0.2, 0) is 4.74 Å². The van der Waals surface area contributed by atoms with Gasteiger partial charge in [0.05, 0.1) is 18.3 Å².